The average Bonchev–Trinajstić information content (AvgIpc) is 3.13. The fourth-order valence-corrected chi connectivity index (χ4v) is 2.68. The van der Waals surface area contributed by atoms with Crippen molar-refractivity contribution in [3.05, 3.63) is 52.2 Å². The van der Waals surface area contributed by atoms with Crippen molar-refractivity contribution in [3.8, 4) is 5.69 Å². The summed E-state index contributed by atoms with van der Waals surface area (Å²) in [5.41, 5.74) is -4.15. The highest BCUT2D eigenvalue weighted by Gasteiger charge is 2.40. The molecule has 3 heterocycles. The van der Waals surface area contributed by atoms with Crippen LogP contribution in [-0.2, 0) is 12.4 Å². The lowest BCUT2D eigenvalue weighted by molar-refractivity contribution is -0.145. The molecule has 1 aromatic carbocycles. The molecule has 4 aromatic rings. The molecule has 0 saturated carbocycles. The number of aromatic amines is 1. The van der Waals surface area contributed by atoms with Gasteiger partial charge in [0.1, 0.15) is 16.7 Å². The first-order valence-electron chi connectivity index (χ1n) is 7.32. The number of oxazole rings is 1. The molecule has 0 unspecified atom stereocenters. The second kappa shape index (κ2) is 5.56. The van der Waals surface area contributed by atoms with Gasteiger partial charge in [0.2, 0.25) is 5.82 Å². The van der Waals surface area contributed by atoms with Crippen LogP contribution in [0.2, 0.25) is 0 Å². The summed E-state index contributed by atoms with van der Waals surface area (Å²) in [6.45, 7) is 0. The van der Waals surface area contributed by atoms with Crippen LogP contribution in [0.3, 0.4) is 0 Å². The van der Waals surface area contributed by atoms with Crippen molar-refractivity contribution < 1.29 is 35.2 Å². The van der Waals surface area contributed by atoms with Crippen LogP contribution in [0.25, 0.3) is 28.0 Å². The summed E-state index contributed by atoms with van der Waals surface area (Å²) in [6, 6.07) is 2.65. The number of pyridine rings is 1. The van der Waals surface area contributed by atoms with Crippen LogP contribution in [0, 0.1) is 5.82 Å². The van der Waals surface area contributed by atoms with Crippen LogP contribution < -0.4 is 5.76 Å². The van der Waals surface area contributed by atoms with Crippen molar-refractivity contribution in [1.29, 1.82) is 0 Å². The Hall–Kier alpha value is -3.38. The number of fused-ring (bicyclic) bond motifs is 2. The van der Waals surface area contributed by atoms with Crippen LogP contribution in [0.5, 0.6) is 0 Å². The van der Waals surface area contributed by atoms with Gasteiger partial charge in [-0.3, -0.25) is 9.55 Å². The summed E-state index contributed by atoms with van der Waals surface area (Å²) in [5, 5.41) is 0. The van der Waals surface area contributed by atoms with Gasteiger partial charge in [-0.25, -0.2) is 19.2 Å². The van der Waals surface area contributed by atoms with Crippen molar-refractivity contribution in [2.45, 2.75) is 12.4 Å². The quantitative estimate of drug-likeness (QED) is 0.485. The summed E-state index contributed by atoms with van der Waals surface area (Å²) in [6.07, 6.45) is -10.0. The monoisotopic (exact) mass is 406 g/mol. The van der Waals surface area contributed by atoms with Gasteiger partial charge >= 0.3 is 18.1 Å². The van der Waals surface area contributed by atoms with E-state index in [0.29, 0.717) is 12.1 Å². The molecule has 0 saturated heterocycles. The summed E-state index contributed by atoms with van der Waals surface area (Å²) < 4.78 is 98.1. The molecule has 0 radical (unpaired) electrons. The number of hydrogen-bond donors (Lipinski definition) is 1. The normalized spacial score (nSPS) is 13.0. The molecule has 0 aliphatic heterocycles. The number of nitrogens with one attached hydrogen (secondary N) is 1. The average molecular weight is 406 g/mol. The fraction of sp³-hybridized carbons (Fsp3) is 0.133. The molecule has 0 aliphatic carbocycles. The highest BCUT2D eigenvalue weighted by atomic mass is 19.4. The van der Waals surface area contributed by atoms with Gasteiger partial charge in [-0.05, 0) is 12.1 Å². The number of hydrogen-bond acceptors (Lipinski definition) is 4. The molecule has 28 heavy (non-hydrogen) atoms. The molecule has 0 bridgehead atoms. The number of rotatable bonds is 1. The van der Waals surface area contributed by atoms with E-state index in [1.54, 1.807) is 0 Å². The number of aromatic nitrogens is 4. The Morgan fingerprint density at radius 3 is 2.36 bits per heavy atom. The summed E-state index contributed by atoms with van der Waals surface area (Å²) in [7, 11) is 0. The first kappa shape index (κ1) is 18.0. The van der Waals surface area contributed by atoms with Gasteiger partial charge in [0.05, 0.1) is 5.69 Å². The lowest BCUT2D eigenvalue weighted by atomic mass is 10.2. The molecule has 13 heteroatoms. The highest BCUT2D eigenvalue weighted by Crippen LogP contribution is 2.36. The van der Waals surface area contributed by atoms with Gasteiger partial charge in [0.25, 0.3) is 0 Å². The van der Waals surface area contributed by atoms with Crippen molar-refractivity contribution >= 4 is 22.3 Å². The van der Waals surface area contributed by atoms with E-state index in [-0.39, 0.29) is 4.57 Å². The molecule has 0 aliphatic rings. The molecular formula is C15H5F7N4O2. The lowest BCUT2D eigenvalue weighted by Gasteiger charge is -2.12. The molecule has 0 fully saturated rings. The minimum Gasteiger partial charge on any atom is -0.408 e. The molecule has 0 atom stereocenters. The van der Waals surface area contributed by atoms with E-state index < -0.39 is 63.4 Å². The van der Waals surface area contributed by atoms with Crippen LogP contribution in [-0.4, -0.2) is 19.5 Å². The van der Waals surface area contributed by atoms with E-state index in [1.807, 2.05) is 4.98 Å². The van der Waals surface area contributed by atoms with Crippen molar-refractivity contribution in [3.63, 3.8) is 0 Å². The maximum absolute atomic E-state index is 14.2. The minimum absolute atomic E-state index is 0.222. The Morgan fingerprint density at radius 2 is 1.71 bits per heavy atom. The third-order valence-electron chi connectivity index (χ3n) is 3.78. The number of nitrogens with zero attached hydrogens (tertiary/aromatic N) is 3. The topological polar surface area (TPSA) is 76.7 Å². The largest absolute Gasteiger partial charge is 0.450 e. The molecule has 146 valence electrons. The minimum atomic E-state index is -5.09. The Labute approximate surface area is 148 Å². The van der Waals surface area contributed by atoms with E-state index in [4.69, 9.17) is 0 Å². The standard InChI is InChI=1S/C15H5F7N4O2/c16-6-3-5(4-8-10(6)25-13(27)28-8)26-11-7(23-12(26)15(20,21)22)1-2-9(24-11)14(17,18)19/h1-4H,(H,25,27). The second-order valence-electron chi connectivity index (χ2n) is 5.62. The Bertz CT molecular complexity index is 1280. The van der Waals surface area contributed by atoms with E-state index in [2.05, 4.69) is 14.4 Å². The van der Waals surface area contributed by atoms with Crippen molar-refractivity contribution in [2.75, 3.05) is 0 Å². The zero-order valence-corrected chi connectivity index (χ0v) is 13.1. The second-order valence-corrected chi connectivity index (χ2v) is 5.62. The lowest BCUT2D eigenvalue weighted by Crippen LogP contribution is -2.15. The van der Waals surface area contributed by atoms with Crippen LogP contribution >= 0.6 is 0 Å². The number of halogens is 7. The van der Waals surface area contributed by atoms with Crippen LogP contribution in [0.1, 0.15) is 11.5 Å². The van der Waals surface area contributed by atoms with E-state index in [1.165, 1.54) is 0 Å². The first-order chi connectivity index (χ1) is 12.9. The SMILES string of the molecule is O=c1[nH]c2c(F)cc(-n3c(C(F)(F)F)nc4ccc(C(F)(F)F)nc43)cc2o1. The molecule has 1 N–H and O–H groups in total. The van der Waals surface area contributed by atoms with E-state index in [0.717, 1.165) is 12.1 Å². The van der Waals surface area contributed by atoms with Gasteiger partial charge in [-0.2, -0.15) is 26.3 Å². The van der Waals surface area contributed by atoms with Crippen LogP contribution in [0.15, 0.2) is 33.5 Å². The van der Waals surface area contributed by atoms with E-state index >= 15 is 0 Å². The van der Waals surface area contributed by atoms with E-state index in [9.17, 15) is 35.5 Å². The predicted octanol–water partition coefficient (Wildman–Crippen LogP) is 4.03. The predicted molar refractivity (Wildman–Crippen MR) is 79.2 cm³/mol. The zero-order valence-electron chi connectivity index (χ0n) is 13.1. The van der Waals surface area contributed by atoms with Gasteiger partial charge in [0, 0.05) is 12.1 Å². The number of H-pyrrole nitrogens is 1. The van der Waals surface area contributed by atoms with Crippen molar-refractivity contribution in [2.24, 2.45) is 0 Å². The third kappa shape index (κ3) is 2.78. The fourth-order valence-electron chi connectivity index (χ4n) is 2.68. The third-order valence-corrected chi connectivity index (χ3v) is 3.78. The zero-order chi connectivity index (χ0) is 20.4. The molecule has 0 amide bonds. The maximum atomic E-state index is 14.2. The Kier molecular flexibility index (Phi) is 3.58. The molecule has 6 nitrogen and oxygen atoms in total. The Morgan fingerprint density at radius 1 is 1.00 bits per heavy atom. The highest BCUT2D eigenvalue weighted by molar-refractivity contribution is 5.79. The summed E-state index contributed by atoms with van der Waals surface area (Å²) in [5.74, 6) is -3.83. The molecule has 0 spiro atoms. The van der Waals surface area contributed by atoms with Gasteiger partial charge in [0.15, 0.2) is 17.0 Å². The smallest absolute Gasteiger partial charge is 0.408 e. The summed E-state index contributed by atoms with van der Waals surface area (Å²) >= 11 is 0. The maximum Gasteiger partial charge on any atom is 0.450 e. The molecule has 3 aromatic heterocycles. The summed E-state index contributed by atoms with van der Waals surface area (Å²) in [4.78, 5) is 19.7. The number of alkyl halides is 6. The number of imidazole rings is 1. The van der Waals surface area contributed by atoms with Gasteiger partial charge in [-0.1, -0.05) is 0 Å². The van der Waals surface area contributed by atoms with Gasteiger partial charge in [-0.15, -0.1) is 0 Å². The van der Waals surface area contributed by atoms with Crippen LogP contribution in [0.4, 0.5) is 30.7 Å². The number of benzene rings is 1. The molecule has 4 rings (SSSR count). The van der Waals surface area contributed by atoms with Gasteiger partial charge < -0.3 is 4.42 Å². The molecular weight excluding hydrogens is 401 g/mol. The Balaban J connectivity index is 2.10. The van der Waals surface area contributed by atoms with Crippen molar-refractivity contribution in [1.82, 2.24) is 19.5 Å². The first-order valence-corrected chi connectivity index (χ1v) is 7.32.